The van der Waals surface area contributed by atoms with E-state index in [4.69, 9.17) is 16.3 Å². The van der Waals surface area contributed by atoms with E-state index in [1.165, 1.54) is 0 Å². The van der Waals surface area contributed by atoms with Crippen molar-refractivity contribution in [1.29, 1.82) is 0 Å². The molecule has 0 aliphatic heterocycles. The number of nitrogens with zero attached hydrogens (tertiary/aromatic N) is 1. The summed E-state index contributed by atoms with van der Waals surface area (Å²) in [7, 11) is 0. The van der Waals surface area contributed by atoms with E-state index in [2.05, 4.69) is 15.5 Å². The molecule has 0 saturated heterocycles. The van der Waals surface area contributed by atoms with E-state index in [0.717, 1.165) is 18.6 Å². The van der Waals surface area contributed by atoms with Gasteiger partial charge in [-0.2, -0.15) is 5.10 Å². The Bertz CT molecular complexity index is 665. The van der Waals surface area contributed by atoms with E-state index < -0.39 is 0 Å². The molecule has 1 amide bonds. The summed E-state index contributed by atoms with van der Waals surface area (Å²) in [6.07, 6.45) is 2.10. The summed E-state index contributed by atoms with van der Waals surface area (Å²) in [6, 6.07) is 9.70. The summed E-state index contributed by atoms with van der Waals surface area (Å²) in [5.41, 5.74) is 0.975. The highest BCUT2D eigenvalue weighted by atomic mass is 35.5. The minimum Gasteiger partial charge on any atom is -0.493 e. The van der Waals surface area contributed by atoms with Gasteiger partial charge in [-0.25, -0.2) is 0 Å². The lowest BCUT2D eigenvalue weighted by molar-refractivity contribution is 0.0932. The van der Waals surface area contributed by atoms with Crippen molar-refractivity contribution in [3.8, 4) is 5.75 Å². The van der Waals surface area contributed by atoms with Gasteiger partial charge in [-0.05, 0) is 31.9 Å². The van der Waals surface area contributed by atoms with Crippen molar-refractivity contribution >= 4 is 17.5 Å². The summed E-state index contributed by atoms with van der Waals surface area (Å²) in [5, 5.41) is 9.92. The molecule has 0 unspecified atom stereocenters. The van der Waals surface area contributed by atoms with Crippen LogP contribution in [0.1, 0.15) is 29.0 Å². The van der Waals surface area contributed by atoms with Gasteiger partial charge in [0.05, 0.1) is 17.3 Å². The molecular weight excluding hydrogens is 302 g/mol. The van der Waals surface area contributed by atoms with Crippen LogP contribution in [0.15, 0.2) is 30.3 Å². The van der Waals surface area contributed by atoms with Crippen LogP contribution < -0.4 is 10.1 Å². The molecule has 1 heterocycles. The third-order valence-corrected chi connectivity index (χ3v) is 4.42. The highest BCUT2D eigenvalue weighted by molar-refractivity contribution is 6.34. The van der Waals surface area contributed by atoms with E-state index >= 15 is 0 Å². The fraction of sp³-hybridized carbons (Fsp3) is 0.375. The Hall–Kier alpha value is -2.01. The Labute approximate surface area is 134 Å². The molecule has 2 aromatic rings. The normalized spacial score (nSPS) is 15.4. The monoisotopic (exact) mass is 319 g/mol. The molecule has 3 rings (SSSR count). The number of carbonyl (C=O) groups excluding carboxylic acids is 1. The molecule has 116 valence electrons. The van der Waals surface area contributed by atoms with E-state index in [-0.39, 0.29) is 17.0 Å². The first-order chi connectivity index (χ1) is 10.6. The van der Waals surface area contributed by atoms with Crippen molar-refractivity contribution in [2.45, 2.75) is 19.8 Å². The van der Waals surface area contributed by atoms with Crippen molar-refractivity contribution in [3.05, 3.63) is 46.7 Å². The zero-order chi connectivity index (χ0) is 15.6. The number of halogens is 1. The Morgan fingerprint density at radius 2 is 2.14 bits per heavy atom. The van der Waals surface area contributed by atoms with Gasteiger partial charge in [-0.3, -0.25) is 9.89 Å². The molecule has 1 aromatic heterocycles. The molecule has 5 nitrogen and oxygen atoms in total. The summed E-state index contributed by atoms with van der Waals surface area (Å²) >= 11 is 6.03. The number of carbonyl (C=O) groups is 1. The minimum absolute atomic E-state index is 0.0311. The number of hydrogen-bond acceptors (Lipinski definition) is 3. The van der Waals surface area contributed by atoms with Crippen LogP contribution in [0, 0.1) is 12.3 Å². The second-order valence-corrected chi connectivity index (χ2v) is 6.17. The van der Waals surface area contributed by atoms with Crippen LogP contribution in [0.25, 0.3) is 0 Å². The first kappa shape index (κ1) is 14.9. The number of ether oxygens (including phenoxy) is 1. The summed E-state index contributed by atoms with van der Waals surface area (Å²) in [5.74, 6) is 0.603. The number of H-pyrrole nitrogens is 1. The van der Waals surface area contributed by atoms with Crippen LogP contribution in [0.5, 0.6) is 5.75 Å². The van der Waals surface area contributed by atoms with Crippen LogP contribution in [-0.2, 0) is 0 Å². The number of aromatic nitrogens is 2. The van der Waals surface area contributed by atoms with Crippen molar-refractivity contribution in [2.75, 3.05) is 13.2 Å². The van der Waals surface area contributed by atoms with Gasteiger partial charge < -0.3 is 10.1 Å². The summed E-state index contributed by atoms with van der Waals surface area (Å²) in [4.78, 5) is 12.1. The lowest BCUT2D eigenvalue weighted by atomic mass is 10.1. The van der Waals surface area contributed by atoms with Gasteiger partial charge in [0, 0.05) is 12.0 Å². The maximum Gasteiger partial charge on any atom is 0.273 e. The molecule has 6 heteroatoms. The summed E-state index contributed by atoms with van der Waals surface area (Å²) < 4.78 is 5.80. The van der Waals surface area contributed by atoms with Gasteiger partial charge in [-0.15, -0.1) is 0 Å². The Kier molecular flexibility index (Phi) is 4.07. The number of benzene rings is 1. The molecule has 1 fully saturated rings. The molecule has 1 aliphatic carbocycles. The fourth-order valence-corrected chi connectivity index (χ4v) is 2.39. The fourth-order valence-electron chi connectivity index (χ4n) is 2.22. The lowest BCUT2D eigenvalue weighted by Gasteiger charge is -2.16. The second-order valence-electron chi connectivity index (χ2n) is 5.80. The third kappa shape index (κ3) is 3.25. The second kappa shape index (κ2) is 6.01. The van der Waals surface area contributed by atoms with Gasteiger partial charge in [0.15, 0.2) is 5.69 Å². The lowest BCUT2D eigenvalue weighted by Crippen LogP contribution is -2.33. The number of rotatable bonds is 6. The van der Waals surface area contributed by atoms with Gasteiger partial charge in [0.1, 0.15) is 5.75 Å². The standard InChI is InChI=1S/C16H18ClN3O2/c1-11-13(17)14(20-19-11)15(21)18-9-16(7-8-16)10-22-12-5-3-2-4-6-12/h2-6H,7-10H2,1H3,(H,18,21)(H,19,20). The third-order valence-electron chi connectivity index (χ3n) is 3.96. The first-order valence-electron chi connectivity index (χ1n) is 7.26. The van der Waals surface area contributed by atoms with E-state index in [0.29, 0.717) is 23.9 Å². The average molecular weight is 320 g/mol. The average Bonchev–Trinajstić information content (AvgIpc) is 3.24. The molecule has 1 saturated carbocycles. The molecule has 0 bridgehead atoms. The maximum atomic E-state index is 12.1. The topological polar surface area (TPSA) is 67.0 Å². The van der Waals surface area contributed by atoms with Crippen LogP contribution in [0.2, 0.25) is 5.02 Å². The quantitative estimate of drug-likeness (QED) is 0.860. The SMILES string of the molecule is Cc1[nH]nc(C(=O)NCC2(COc3ccccc3)CC2)c1Cl. The highest BCUT2D eigenvalue weighted by Crippen LogP contribution is 2.45. The number of amides is 1. The van der Waals surface area contributed by atoms with Crippen LogP contribution in [0.3, 0.4) is 0 Å². The van der Waals surface area contributed by atoms with Gasteiger partial charge in [0.2, 0.25) is 0 Å². The van der Waals surface area contributed by atoms with Crippen LogP contribution in [0.4, 0.5) is 0 Å². The predicted octanol–water partition coefficient (Wildman–Crippen LogP) is 2.96. The highest BCUT2D eigenvalue weighted by Gasteiger charge is 2.44. The smallest absolute Gasteiger partial charge is 0.273 e. The number of aryl methyl sites for hydroxylation is 1. The van der Waals surface area contributed by atoms with Crippen molar-refractivity contribution < 1.29 is 9.53 Å². The first-order valence-corrected chi connectivity index (χ1v) is 7.64. The van der Waals surface area contributed by atoms with E-state index in [1.807, 2.05) is 30.3 Å². The van der Waals surface area contributed by atoms with Gasteiger partial charge >= 0.3 is 0 Å². The number of nitrogens with one attached hydrogen (secondary N) is 2. The Morgan fingerprint density at radius 1 is 1.41 bits per heavy atom. The Balaban J connectivity index is 1.52. The van der Waals surface area contributed by atoms with Crippen molar-refractivity contribution in [1.82, 2.24) is 15.5 Å². The molecule has 1 aliphatic rings. The van der Waals surface area contributed by atoms with Gasteiger partial charge in [-0.1, -0.05) is 29.8 Å². The molecule has 0 atom stereocenters. The van der Waals surface area contributed by atoms with Crippen LogP contribution in [-0.4, -0.2) is 29.3 Å². The zero-order valence-corrected chi connectivity index (χ0v) is 13.1. The van der Waals surface area contributed by atoms with E-state index in [9.17, 15) is 4.79 Å². The molecule has 1 aromatic carbocycles. The number of aromatic amines is 1. The number of para-hydroxylation sites is 1. The largest absolute Gasteiger partial charge is 0.493 e. The number of hydrogen-bond donors (Lipinski definition) is 2. The van der Waals surface area contributed by atoms with Crippen molar-refractivity contribution in [3.63, 3.8) is 0 Å². The molecule has 0 radical (unpaired) electrons. The van der Waals surface area contributed by atoms with Gasteiger partial charge in [0.25, 0.3) is 5.91 Å². The molecule has 2 N–H and O–H groups in total. The zero-order valence-electron chi connectivity index (χ0n) is 12.4. The summed E-state index contributed by atoms with van der Waals surface area (Å²) in [6.45, 7) is 2.95. The molecular formula is C16H18ClN3O2. The minimum atomic E-state index is -0.250. The van der Waals surface area contributed by atoms with Crippen LogP contribution >= 0.6 is 11.6 Å². The Morgan fingerprint density at radius 3 is 2.73 bits per heavy atom. The van der Waals surface area contributed by atoms with E-state index in [1.54, 1.807) is 6.92 Å². The molecule has 0 spiro atoms. The molecule has 22 heavy (non-hydrogen) atoms. The van der Waals surface area contributed by atoms with Crippen molar-refractivity contribution in [2.24, 2.45) is 5.41 Å². The predicted molar refractivity (Wildman–Crippen MR) is 84.3 cm³/mol. The maximum absolute atomic E-state index is 12.1.